The normalized spacial score (nSPS) is 15.0. The van der Waals surface area contributed by atoms with Crippen molar-refractivity contribution in [3.63, 3.8) is 0 Å². The third-order valence-corrected chi connectivity index (χ3v) is 4.69. The number of anilines is 1. The van der Waals surface area contributed by atoms with Crippen molar-refractivity contribution >= 4 is 29.5 Å². The van der Waals surface area contributed by atoms with Crippen molar-refractivity contribution in [2.75, 3.05) is 11.5 Å². The number of aliphatic imine (C=N–C) groups is 1. The highest BCUT2D eigenvalue weighted by atomic mass is 32.2. The molecule has 0 saturated heterocycles. The number of nitrogens with two attached hydrogens (primary N) is 1. The molecule has 25 heavy (non-hydrogen) atoms. The van der Waals surface area contributed by atoms with E-state index in [2.05, 4.69) is 21.0 Å². The lowest BCUT2D eigenvalue weighted by Crippen LogP contribution is -2.09. The Balaban J connectivity index is 1.86. The number of halogens is 3. The van der Waals surface area contributed by atoms with E-state index in [9.17, 15) is 13.2 Å². The maximum Gasteiger partial charge on any atom is 0.433 e. The topological polar surface area (TPSA) is 64.2 Å². The van der Waals surface area contributed by atoms with Crippen LogP contribution in [0.4, 0.5) is 24.7 Å². The molecule has 1 aliphatic carbocycles. The quantitative estimate of drug-likeness (QED) is 0.609. The summed E-state index contributed by atoms with van der Waals surface area (Å²) in [5.74, 6) is 2.01. The molecule has 0 aromatic carbocycles. The summed E-state index contributed by atoms with van der Waals surface area (Å²) >= 11 is 1.63. The van der Waals surface area contributed by atoms with Crippen LogP contribution in [0.3, 0.4) is 0 Å². The fourth-order valence-corrected chi connectivity index (χ4v) is 3.09. The molecule has 1 fully saturated rings. The highest BCUT2D eigenvalue weighted by molar-refractivity contribution is 7.99. The van der Waals surface area contributed by atoms with Crippen molar-refractivity contribution < 1.29 is 13.2 Å². The van der Waals surface area contributed by atoms with Crippen molar-refractivity contribution in [3.8, 4) is 0 Å². The Morgan fingerprint density at radius 2 is 2.04 bits per heavy atom. The fraction of sp³-hybridized carbons (Fsp3) is 0.353. The van der Waals surface area contributed by atoms with E-state index in [1.807, 2.05) is 13.1 Å². The summed E-state index contributed by atoms with van der Waals surface area (Å²) in [5.41, 5.74) is 6.19. The molecule has 0 spiro atoms. The fourth-order valence-electron chi connectivity index (χ4n) is 2.33. The molecule has 1 aliphatic rings. The van der Waals surface area contributed by atoms with E-state index in [0.29, 0.717) is 17.3 Å². The summed E-state index contributed by atoms with van der Waals surface area (Å²) < 4.78 is 37.9. The standard InChI is InChI=1S/C17H17F3N4S/c1-2-25-14-5-11(10-3-4-10)7-23-16(14)24-9-12-8-22-15(6-13(12)21)17(18,19)20/h5-10H,2-4H2,1H3,(H2,21,22)/b24-9+. The minimum absolute atomic E-state index is 0.0228. The summed E-state index contributed by atoms with van der Waals surface area (Å²) in [6, 6.07) is 2.91. The molecule has 2 aromatic rings. The molecule has 0 aliphatic heterocycles. The van der Waals surface area contributed by atoms with Gasteiger partial charge in [0.05, 0.1) is 4.90 Å². The van der Waals surface area contributed by atoms with Crippen LogP contribution in [0.5, 0.6) is 0 Å². The number of hydrogen-bond donors (Lipinski definition) is 1. The van der Waals surface area contributed by atoms with Crippen molar-refractivity contribution in [1.82, 2.24) is 9.97 Å². The van der Waals surface area contributed by atoms with Crippen molar-refractivity contribution in [2.24, 2.45) is 4.99 Å². The van der Waals surface area contributed by atoms with Crippen molar-refractivity contribution in [3.05, 3.63) is 41.3 Å². The second kappa shape index (κ2) is 7.03. The first kappa shape index (κ1) is 17.7. The van der Waals surface area contributed by atoms with Gasteiger partial charge in [-0.15, -0.1) is 11.8 Å². The number of pyridine rings is 2. The van der Waals surface area contributed by atoms with Gasteiger partial charge in [-0.05, 0) is 42.2 Å². The van der Waals surface area contributed by atoms with Gasteiger partial charge in [-0.3, -0.25) is 4.98 Å². The van der Waals surface area contributed by atoms with Crippen LogP contribution >= 0.6 is 11.8 Å². The van der Waals surface area contributed by atoms with Gasteiger partial charge in [0, 0.05) is 29.9 Å². The summed E-state index contributed by atoms with van der Waals surface area (Å²) in [5, 5.41) is 0. The van der Waals surface area contributed by atoms with Gasteiger partial charge >= 0.3 is 6.18 Å². The number of nitrogen functional groups attached to an aromatic ring is 1. The maximum absolute atomic E-state index is 12.6. The smallest absolute Gasteiger partial charge is 0.398 e. The minimum Gasteiger partial charge on any atom is -0.398 e. The molecule has 8 heteroatoms. The Labute approximate surface area is 147 Å². The molecule has 2 N–H and O–H groups in total. The average molecular weight is 366 g/mol. The van der Waals surface area contributed by atoms with Crippen LogP contribution in [0, 0.1) is 0 Å². The van der Waals surface area contributed by atoms with Crippen LogP contribution < -0.4 is 5.73 Å². The Morgan fingerprint density at radius 3 is 2.64 bits per heavy atom. The zero-order chi connectivity index (χ0) is 18.0. The van der Waals surface area contributed by atoms with E-state index in [-0.39, 0.29) is 5.69 Å². The van der Waals surface area contributed by atoms with Crippen molar-refractivity contribution in [1.29, 1.82) is 0 Å². The highest BCUT2D eigenvalue weighted by Crippen LogP contribution is 2.42. The first-order valence-corrected chi connectivity index (χ1v) is 8.86. The summed E-state index contributed by atoms with van der Waals surface area (Å²) in [7, 11) is 0. The Hall–Kier alpha value is -2.09. The summed E-state index contributed by atoms with van der Waals surface area (Å²) in [6.07, 6.45) is 2.16. The largest absolute Gasteiger partial charge is 0.433 e. The molecule has 1 saturated carbocycles. The molecule has 2 aromatic heterocycles. The third kappa shape index (κ3) is 4.31. The molecule has 2 heterocycles. The van der Waals surface area contributed by atoms with Gasteiger partial charge in [-0.25, -0.2) is 9.98 Å². The van der Waals surface area contributed by atoms with Gasteiger partial charge in [0.25, 0.3) is 0 Å². The number of alkyl halides is 3. The molecule has 0 amide bonds. The van der Waals surface area contributed by atoms with E-state index < -0.39 is 11.9 Å². The van der Waals surface area contributed by atoms with Gasteiger partial charge in [-0.1, -0.05) is 6.92 Å². The van der Waals surface area contributed by atoms with Crippen LogP contribution in [-0.2, 0) is 6.18 Å². The molecular weight excluding hydrogens is 349 g/mol. The molecule has 0 unspecified atom stereocenters. The maximum atomic E-state index is 12.6. The van der Waals surface area contributed by atoms with Crippen LogP contribution in [0.1, 0.15) is 42.5 Å². The van der Waals surface area contributed by atoms with E-state index in [0.717, 1.165) is 22.9 Å². The zero-order valence-corrected chi connectivity index (χ0v) is 14.4. The lowest BCUT2D eigenvalue weighted by Gasteiger charge is -2.08. The highest BCUT2D eigenvalue weighted by Gasteiger charge is 2.32. The number of hydrogen-bond acceptors (Lipinski definition) is 5. The van der Waals surface area contributed by atoms with Gasteiger partial charge in [0.1, 0.15) is 5.69 Å². The Bertz CT molecular complexity index is 801. The molecule has 0 radical (unpaired) electrons. The van der Waals surface area contributed by atoms with Gasteiger partial charge in [-0.2, -0.15) is 13.2 Å². The second-order valence-electron chi connectivity index (χ2n) is 5.75. The number of thioether (sulfide) groups is 1. The molecule has 132 valence electrons. The van der Waals surface area contributed by atoms with Crippen molar-refractivity contribution in [2.45, 2.75) is 36.8 Å². The molecule has 3 rings (SSSR count). The molecular formula is C17H17F3N4S. The average Bonchev–Trinajstić information content (AvgIpc) is 3.39. The molecule has 0 atom stereocenters. The van der Waals surface area contributed by atoms with E-state index in [1.165, 1.54) is 24.6 Å². The van der Waals surface area contributed by atoms with E-state index >= 15 is 0 Å². The third-order valence-electron chi connectivity index (χ3n) is 3.79. The SMILES string of the molecule is CCSc1cc(C2CC2)cnc1/N=C/c1cnc(C(F)(F)F)cc1N. The van der Waals surface area contributed by atoms with Crippen LogP contribution in [-0.4, -0.2) is 21.9 Å². The van der Waals surface area contributed by atoms with E-state index in [1.54, 1.807) is 11.8 Å². The summed E-state index contributed by atoms with van der Waals surface area (Å²) in [4.78, 5) is 13.1. The number of aromatic nitrogens is 2. The van der Waals surface area contributed by atoms with E-state index in [4.69, 9.17) is 5.73 Å². The Kier molecular flexibility index (Phi) is 4.99. The second-order valence-corrected chi connectivity index (χ2v) is 7.06. The predicted octanol–water partition coefficient (Wildman–Crippen LogP) is 4.82. The lowest BCUT2D eigenvalue weighted by molar-refractivity contribution is -0.141. The monoisotopic (exact) mass is 366 g/mol. The lowest BCUT2D eigenvalue weighted by atomic mass is 10.2. The Morgan fingerprint density at radius 1 is 1.28 bits per heavy atom. The first-order valence-electron chi connectivity index (χ1n) is 7.88. The van der Waals surface area contributed by atoms with Crippen LogP contribution in [0.2, 0.25) is 0 Å². The molecule has 0 bridgehead atoms. The summed E-state index contributed by atoms with van der Waals surface area (Å²) in [6.45, 7) is 2.04. The zero-order valence-electron chi connectivity index (χ0n) is 13.5. The van der Waals surface area contributed by atoms with Gasteiger partial charge in [0.15, 0.2) is 5.82 Å². The van der Waals surface area contributed by atoms with Crippen LogP contribution in [0.15, 0.2) is 34.4 Å². The molecule has 4 nitrogen and oxygen atoms in total. The number of rotatable bonds is 5. The minimum atomic E-state index is -4.52. The predicted molar refractivity (Wildman–Crippen MR) is 93.5 cm³/mol. The van der Waals surface area contributed by atoms with Gasteiger partial charge < -0.3 is 5.73 Å². The first-order chi connectivity index (χ1) is 11.9. The number of nitrogens with zero attached hydrogens (tertiary/aromatic N) is 3. The van der Waals surface area contributed by atoms with Gasteiger partial charge in [0.2, 0.25) is 0 Å². The van der Waals surface area contributed by atoms with Crippen LogP contribution in [0.25, 0.3) is 0 Å².